The average Bonchev–Trinajstić information content (AvgIpc) is 3.30. The number of nitrogens with two attached hydrogens (primary N) is 1. The number of nitrogens with zero attached hydrogens (tertiary/aromatic N) is 5. The van der Waals surface area contributed by atoms with E-state index in [1.165, 1.54) is 6.20 Å². The fourth-order valence-electron chi connectivity index (χ4n) is 3.98. The van der Waals surface area contributed by atoms with Crippen LogP contribution in [0.2, 0.25) is 0 Å². The second-order valence-corrected chi connectivity index (χ2v) is 7.99. The monoisotopic (exact) mass is 393 g/mol. The van der Waals surface area contributed by atoms with Crippen LogP contribution in [-0.2, 0) is 5.54 Å². The molecule has 2 aliphatic rings. The van der Waals surface area contributed by atoms with Crippen molar-refractivity contribution in [3.05, 3.63) is 23.8 Å². The lowest BCUT2D eigenvalue weighted by Crippen LogP contribution is -2.36. The van der Waals surface area contributed by atoms with Gasteiger partial charge in [0.1, 0.15) is 5.82 Å². The lowest BCUT2D eigenvalue weighted by Gasteiger charge is -2.30. The Morgan fingerprint density at radius 2 is 2.11 bits per heavy atom. The number of hydrogen-bond donors (Lipinski definition) is 4. The molecule has 0 radical (unpaired) electrons. The van der Waals surface area contributed by atoms with E-state index in [4.69, 9.17) is 5.73 Å². The summed E-state index contributed by atoms with van der Waals surface area (Å²) in [6.45, 7) is 1.95. The molecule has 0 bridgehead atoms. The zero-order valence-electron chi connectivity index (χ0n) is 15.9. The number of alkyl halides is 2. The van der Waals surface area contributed by atoms with Gasteiger partial charge in [0, 0.05) is 24.7 Å². The van der Waals surface area contributed by atoms with E-state index in [2.05, 4.69) is 36.2 Å². The van der Waals surface area contributed by atoms with Crippen molar-refractivity contribution in [2.24, 2.45) is 5.92 Å². The molecule has 1 saturated heterocycles. The molecule has 0 aromatic carbocycles. The van der Waals surface area contributed by atoms with Crippen LogP contribution in [0.4, 0.5) is 20.7 Å². The quantitative estimate of drug-likeness (QED) is 0.607. The number of nitrogens with one attached hydrogen (secondary N) is 3. The second kappa shape index (κ2) is 7.21. The summed E-state index contributed by atoms with van der Waals surface area (Å²) in [5, 5.41) is 7.10. The topological polar surface area (TPSA) is 119 Å². The number of anilines is 2. The summed E-state index contributed by atoms with van der Waals surface area (Å²) in [4.78, 5) is 13.1. The van der Waals surface area contributed by atoms with Gasteiger partial charge in [-0.15, -0.1) is 0 Å². The molecule has 11 heteroatoms. The van der Waals surface area contributed by atoms with E-state index in [0.29, 0.717) is 34.1 Å². The average molecular weight is 393 g/mol. The standard InChI is InChI=1S/C17H25F2N9/c1-17(2,12-5-6-28(27-12)14(18)19)25-16-23-13(22-15(20)24-16)9-3-4-10-8-21-26-11(10)7-9/h5-6,9-11,14,21,26H,3-4,7-8H2,1-2H3,(H3,20,22,23,24,25). The second-order valence-electron chi connectivity index (χ2n) is 7.99. The maximum absolute atomic E-state index is 12.8. The highest BCUT2D eigenvalue weighted by Crippen LogP contribution is 2.36. The normalized spacial score (nSPS) is 25.1. The largest absolute Gasteiger partial charge is 0.368 e. The Morgan fingerprint density at radius 3 is 2.86 bits per heavy atom. The molecule has 152 valence electrons. The Bertz CT molecular complexity index is 838. The zero-order valence-corrected chi connectivity index (χ0v) is 15.9. The third-order valence-corrected chi connectivity index (χ3v) is 5.55. The van der Waals surface area contributed by atoms with Crippen molar-refractivity contribution in [3.63, 3.8) is 0 Å². The Balaban J connectivity index is 1.53. The molecule has 0 amide bonds. The first-order valence-corrected chi connectivity index (χ1v) is 9.43. The predicted octanol–water partition coefficient (Wildman–Crippen LogP) is 1.75. The number of hydrogen-bond acceptors (Lipinski definition) is 8. The van der Waals surface area contributed by atoms with Crippen LogP contribution < -0.4 is 21.9 Å². The highest BCUT2D eigenvalue weighted by atomic mass is 19.3. The minimum Gasteiger partial charge on any atom is -0.368 e. The van der Waals surface area contributed by atoms with Crippen molar-refractivity contribution in [2.75, 3.05) is 17.6 Å². The molecule has 9 nitrogen and oxygen atoms in total. The zero-order chi connectivity index (χ0) is 19.9. The van der Waals surface area contributed by atoms with Crippen LogP contribution in [0.1, 0.15) is 57.1 Å². The molecule has 4 rings (SSSR count). The molecule has 3 unspecified atom stereocenters. The van der Waals surface area contributed by atoms with Crippen LogP contribution in [0.25, 0.3) is 0 Å². The first-order chi connectivity index (χ1) is 13.3. The van der Waals surface area contributed by atoms with Crippen LogP contribution in [0.3, 0.4) is 0 Å². The van der Waals surface area contributed by atoms with Crippen LogP contribution in [0.5, 0.6) is 0 Å². The van der Waals surface area contributed by atoms with Gasteiger partial charge in [-0.2, -0.15) is 28.8 Å². The van der Waals surface area contributed by atoms with Gasteiger partial charge in [-0.3, -0.25) is 10.9 Å². The molecule has 28 heavy (non-hydrogen) atoms. The predicted molar refractivity (Wildman–Crippen MR) is 99.4 cm³/mol. The van der Waals surface area contributed by atoms with E-state index in [9.17, 15) is 8.78 Å². The summed E-state index contributed by atoms with van der Waals surface area (Å²) < 4.78 is 26.3. The van der Waals surface area contributed by atoms with Gasteiger partial charge in [-0.25, -0.2) is 4.68 Å². The van der Waals surface area contributed by atoms with Crippen molar-refractivity contribution in [2.45, 2.75) is 57.2 Å². The molecule has 2 aromatic heterocycles. The Hall–Kier alpha value is -2.40. The van der Waals surface area contributed by atoms with Gasteiger partial charge < -0.3 is 11.1 Å². The lowest BCUT2D eigenvalue weighted by atomic mass is 9.79. The molecular formula is C17H25F2N9. The molecule has 1 aliphatic carbocycles. The van der Waals surface area contributed by atoms with Crippen molar-refractivity contribution in [1.29, 1.82) is 0 Å². The van der Waals surface area contributed by atoms with Gasteiger partial charge in [0.2, 0.25) is 11.9 Å². The fraction of sp³-hybridized carbons (Fsp3) is 0.647. The number of rotatable bonds is 5. The molecule has 1 aliphatic heterocycles. The lowest BCUT2D eigenvalue weighted by molar-refractivity contribution is 0.0558. The molecule has 2 fully saturated rings. The third kappa shape index (κ3) is 3.76. The number of aromatic nitrogens is 5. The molecule has 3 heterocycles. The van der Waals surface area contributed by atoms with E-state index in [1.807, 2.05) is 13.8 Å². The van der Waals surface area contributed by atoms with Gasteiger partial charge in [-0.1, -0.05) is 0 Å². The van der Waals surface area contributed by atoms with E-state index >= 15 is 0 Å². The Morgan fingerprint density at radius 1 is 1.29 bits per heavy atom. The van der Waals surface area contributed by atoms with Crippen molar-refractivity contribution in [3.8, 4) is 0 Å². The van der Waals surface area contributed by atoms with Crippen LogP contribution in [-0.4, -0.2) is 37.3 Å². The highest BCUT2D eigenvalue weighted by Gasteiger charge is 2.36. The van der Waals surface area contributed by atoms with Gasteiger partial charge in [0.25, 0.3) is 0 Å². The Labute approximate surface area is 161 Å². The van der Waals surface area contributed by atoms with Gasteiger partial charge >= 0.3 is 6.55 Å². The van der Waals surface area contributed by atoms with E-state index in [0.717, 1.165) is 25.8 Å². The minimum atomic E-state index is -2.68. The fourth-order valence-corrected chi connectivity index (χ4v) is 3.98. The molecule has 5 N–H and O–H groups in total. The number of fused-ring (bicyclic) bond motifs is 1. The molecule has 0 spiro atoms. The first kappa shape index (κ1) is 18.9. The Kier molecular flexibility index (Phi) is 4.88. The van der Waals surface area contributed by atoms with Gasteiger partial charge in [0.15, 0.2) is 0 Å². The maximum atomic E-state index is 12.8. The van der Waals surface area contributed by atoms with E-state index in [1.54, 1.807) is 6.07 Å². The third-order valence-electron chi connectivity index (χ3n) is 5.55. The van der Waals surface area contributed by atoms with Crippen LogP contribution in [0.15, 0.2) is 12.3 Å². The van der Waals surface area contributed by atoms with Crippen molar-refractivity contribution >= 4 is 11.9 Å². The summed E-state index contributed by atoms with van der Waals surface area (Å²) in [5.74, 6) is 1.95. The highest BCUT2D eigenvalue weighted by molar-refractivity contribution is 5.37. The maximum Gasteiger partial charge on any atom is 0.333 e. The van der Waals surface area contributed by atoms with E-state index < -0.39 is 12.1 Å². The molecule has 2 aromatic rings. The minimum absolute atomic E-state index is 0.140. The van der Waals surface area contributed by atoms with Gasteiger partial charge in [-0.05, 0) is 45.1 Å². The van der Waals surface area contributed by atoms with Gasteiger partial charge in [0.05, 0.1) is 11.2 Å². The molecular weight excluding hydrogens is 368 g/mol. The first-order valence-electron chi connectivity index (χ1n) is 9.43. The summed E-state index contributed by atoms with van der Waals surface area (Å²) >= 11 is 0. The summed E-state index contributed by atoms with van der Waals surface area (Å²) in [6, 6.07) is 1.95. The summed E-state index contributed by atoms with van der Waals surface area (Å²) in [5.41, 5.74) is 12.1. The van der Waals surface area contributed by atoms with Crippen molar-refractivity contribution in [1.82, 2.24) is 35.6 Å². The molecule has 1 saturated carbocycles. The number of nitrogen functional groups attached to an aromatic ring is 1. The number of halogens is 2. The van der Waals surface area contributed by atoms with Crippen molar-refractivity contribution < 1.29 is 8.78 Å². The SMILES string of the molecule is CC(C)(Nc1nc(N)nc(C2CCC3CNNC3C2)n1)c1ccn(C(F)F)n1. The van der Waals surface area contributed by atoms with Crippen LogP contribution in [0, 0.1) is 5.92 Å². The summed E-state index contributed by atoms with van der Waals surface area (Å²) in [6.07, 6.45) is 4.27. The van der Waals surface area contributed by atoms with Crippen LogP contribution >= 0.6 is 0 Å². The van der Waals surface area contributed by atoms with E-state index in [-0.39, 0.29) is 11.9 Å². The number of hydrazine groups is 1. The smallest absolute Gasteiger partial charge is 0.333 e. The summed E-state index contributed by atoms with van der Waals surface area (Å²) in [7, 11) is 0. The molecule has 3 atom stereocenters.